The SMILES string of the molecule is C[C@@H](NC(=O)OC(C)(C)C)[C@@H](N)c1ccccc1. The fraction of sp³-hybridized carbons (Fsp3) is 0.500. The van der Waals surface area contributed by atoms with Crippen LogP contribution in [0, 0.1) is 0 Å². The summed E-state index contributed by atoms with van der Waals surface area (Å²) in [6, 6.07) is 9.23. The van der Waals surface area contributed by atoms with Crippen molar-refractivity contribution in [1.29, 1.82) is 0 Å². The predicted molar refractivity (Wildman–Crippen MR) is 72.2 cm³/mol. The molecule has 100 valence electrons. The quantitative estimate of drug-likeness (QED) is 0.866. The number of hydrogen-bond donors (Lipinski definition) is 2. The highest BCUT2D eigenvalue weighted by Gasteiger charge is 2.21. The molecule has 0 fully saturated rings. The van der Waals surface area contributed by atoms with Crippen LogP contribution in [0.4, 0.5) is 4.79 Å². The maximum atomic E-state index is 11.6. The van der Waals surface area contributed by atoms with Crippen LogP contribution in [0.2, 0.25) is 0 Å². The molecular weight excluding hydrogens is 228 g/mol. The van der Waals surface area contributed by atoms with Crippen LogP contribution in [0.3, 0.4) is 0 Å². The van der Waals surface area contributed by atoms with Gasteiger partial charge in [0, 0.05) is 12.1 Å². The molecule has 3 N–H and O–H groups in total. The van der Waals surface area contributed by atoms with E-state index in [1.807, 2.05) is 58.0 Å². The number of carbonyl (C=O) groups excluding carboxylic acids is 1. The average molecular weight is 250 g/mol. The third-order valence-electron chi connectivity index (χ3n) is 2.47. The Hall–Kier alpha value is -1.55. The van der Waals surface area contributed by atoms with Crippen LogP contribution >= 0.6 is 0 Å². The number of nitrogens with one attached hydrogen (secondary N) is 1. The van der Waals surface area contributed by atoms with Gasteiger partial charge in [0.15, 0.2) is 0 Å². The number of rotatable bonds is 3. The van der Waals surface area contributed by atoms with E-state index in [9.17, 15) is 4.79 Å². The molecule has 0 unspecified atom stereocenters. The molecule has 0 aliphatic heterocycles. The van der Waals surface area contributed by atoms with Crippen molar-refractivity contribution < 1.29 is 9.53 Å². The van der Waals surface area contributed by atoms with Gasteiger partial charge >= 0.3 is 6.09 Å². The van der Waals surface area contributed by atoms with E-state index in [0.717, 1.165) is 5.56 Å². The van der Waals surface area contributed by atoms with Crippen molar-refractivity contribution in [2.45, 2.75) is 45.4 Å². The number of alkyl carbamates (subject to hydrolysis) is 1. The average Bonchev–Trinajstić information content (AvgIpc) is 2.26. The van der Waals surface area contributed by atoms with E-state index in [2.05, 4.69) is 5.32 Å². The van der Waals surface area contributed by atoms with E-state index in [0.29, 0.717) is 0 Å². The fourth-order valence-corrected chi connectivity index (χ4v) is 1.55. The highest BCUT2D eigenvalue weighted by molar-refractivity contribution is 5.68. The van der Waals surface area contributed by atoms with E-state index in [4.69, 9.17) is 10.5 Å². The molecule has 0 aliphatic carbocycles. The summed E-state index contributed by atoms with van der Waals surface area (Å²) in [7, 11) is 0. The lowest BCUT2D eigenvalue weighted by Crippen LogP contribution is -2.42. The van der Waals surface area contributed by atoms with Gasteiger partial charge in [0.2, 0.25) is 0 Å². The van der Waals surface area contributed by atoms with E-state index in [1.165, 1.54) is 0 Å². The second kappa shape index (κ2) is 5.87. The third kappa shape index (κ3) is 4.75. The van der Waals surface area contributed by atoms with Gasteiger partial charge in [0.1, 0.15) is 5.60 Å². The van der Waals surface area contributed by atoms with Gasteiger partial charge in [-0.3, -0.25) is 0 Å². The first-order valence-electron chi connectivity index (χ1n) is 6.09. The standard InChI is InChI=1S/C14H22N2O2/c1-10(16-13(17)18-14(2,3)4)12(15)11-8-6-5-7-9-11/h5-10,12H,15H2,1-4H3,(H,16,17)/t10-,12-/m1/s1. The largest absolute Gasteiger partial charge is 0.444 e. The fourth-order valence-electron chi connectivity index (χ4n) is 1.55. The Morgan fingerprint density at radius 2 is 1.83 bits per heavy atom. The van der Waals surface area contributed by atoms with Crippen LogP contribution in [0.5, 0.6) is 0 Å². The molecule has 0 spiro atoms. The third-order valence-corrected chi connectivity index (χ3v) is 2.47. The molecule has 2 atom stereocenters. The van der Waals surface area contributed by atoms with E-state index in [-0.39, 0.29) is 12.1 Å². The number of ether oxygens (including phenoxy) is 1. The number of benzene rings is 1. The van der Waals surface area contributed by atoms with Crippen LogP contribution in [0.25, 0.3) is 0 Å². The van der Waals surface area contributed by atoms with Crippen LogP contribution in [0.1, 0.15) is 39.3 Å². The minimum atomic E-state index is -0.499. The zero-order chi connectivity index (χ0) is 13.8. The monoisotopic (exact) mass is 250 g/mol. The van der Waals surface area contributed by atoms with Crippen LogP contribution in [0.15, 0.2) is 30.3 Å². The van der Waals surface area contributed by atoms with Gasteiger partial charge in [-0.2, -0.15) is 0 Å². The zero-order valence-electron chi connectivity index (χ0n) is 11.4. The molecular formula is C14H22N2O2. The number of nitrogens with two attached hydrogens (primary N) is 1. The maximum Gasteiger partial charge on any atom is 0.407 e. The van der Waals surface area contributed by atoms with Crippen molar-refractivity contribution in [2.75, 3.05) is 0 Å². The molecule has 0 aliphatic rings. The van der Waals surface area contributed by atoms with Gasteiger partial charge in [0.05, 0.1) is 0 Å². The van der Waals surface area contributed by atoms with Crippen molar-refractivity contribution in [2.24, 2.45) is 5.73 Å². The van der Waals surface area contributed by atoms with Crippen LogP contribution < -0.4 is 11.1 Å². The first kappa shape index (κ1) is 14.5. The molecule has 1 aromatic carbocycles. The molecule has 4 nitrogen and oxygen atoms in total. The van der Waals surface area contributed by atoms with Crippen molar-refractivity contribution >= 4 is 6.09 Å². The summed E-state index contributed by atoms with van der Waals surface area (Å²) < 4.78 is 5.19. The van der Waals surface area contributed by atoms with Crippen molar-refractivity contribution in [3.63, 3.8) is 0 Å². The van der Waals surface area contributed by atoms with Gasteiger partial charge in [-0.1, -0.05) is 30.3 Å². The number of amides is 1. The minimum Gasteiger partial charge on any atom is -0.444 e. The molecule has 0 radical (unpaired) electrons. The van der Waals surface area contributed by atoms with Crippen LogP contribution in [-0.2, 0) is 4.74 Å². The summed E-state index contributed by atoms with van der Waals surface area (Å²) >= 11 is 0. The zero-order valence-corrected chi connectivity index (χ0v) is 11.4. The van der Waals surface area contributed by atoms with E-state index in [1.54, 1.807) is 0 Å². The molecule has 1 amide bonds. The van der Waals surface area contributed by atoms with E-state index < -0.39 is 11.7 Å². The van der Waals surface area contributed by atoms with Gasteiger partial charge in [-0.25, -0.2) is 4.79 Å². The Bertz CT molecular complexity index is 385. The summed E-state index contributed by atoms with van der Waals surface area (Å²) in [5.74, 6) is 0. The summed E-state index contributed by atoms with van der Waals surface area (Å²) in [4.78, 5) is 11.6. The van der Waals surface area contributed by atoms with Crippen LogP contribution in [-0.4, -0.2) is 17.7 Å². The van der Waals surface area contributed by atoms with Crippen molar-refractivity contribution in [3.8, 4) is 0 Å². The Labute approximate surface area is 109 Å². The molecule has 0 saturated heterocycles. The minimum absolute atomic E-state index is 0.192. The molecule has 0 aromatic heterocycles. The molecule has 0 saturated carbocycles. The Morgan fingerprint density at radius 1 is 1.28 bits per heavy atom. The second-order valence-corrected chi connectivity index (χ2v) is 5.37. The van der Waals surface area contributed by atoms with Gasteiger partial charge in [0.25, 0.3) is 0 Å². The summed E-state index contributed by atoms with van der Waals surface area (Å²) in [6.45, 7) is 7.35. The summed E-state index contributed by atoms with van der Waals surface area (Å²) in [6.07, 6.45) is -0.443. The molecule has 1 rings (SSSR count). The lowest BCUT2D eigenvalue weighted by molar-refractivity contribution is 0.0501. The first-order chi connectivity index (χ1) is 8.29. The molecule has 18 heavy (non-hydrogen) atoms. The lowest BCUT2D eigenvalue weighted by atomic mass is 10.0. The smallest absolute Gasteiger partial charge is 0.407 e. The normalized spacial score (nSPS) is 14.7. The summed E-state index contributed by atoms with van der Waals surface area (Å²) in [5, 5.41) is 2.75. The molecule has 0 bridgehead atoms. The van der Waals surface area contributed by atoms with Gasteiger partial charge in [-0.05, 0) is 33.3 Å². The topological polar surface area (TPSA) is 64.3 Å². The van der Waals surface area contributed by atoms with Gasteiger partial charge in [-0.15, -0.1) is 0 Å². The maximum absolute atomic E-state index is 11.6. The van der Waals surface area contributed by atoms with Crippen molar-refractivity contribution in [3.05, 3.63) is 35.9 Å². The number of hydrogen-bond acceptors (Lipinski definition) is 3. The van der Waals surface area contributed by atoms with Gasteiger partial charge < -0.3 is 15.8 Å². The molecule has 1 aromatic rings. The molecule has 0 heterocycles. The molecule has 4 heteroatoms. The number of carbonyl (C=O) groups is 1. The lowest BCUT2D eigenvalue weighted by Gasteiger charge is -2.25. The van der Waals surface area contributed by atoms with Crippen molar-refractivity contribution in [1.82, 2.24) is 5.32 Å². The summed E-state index contributed by atoms with van der Waals surface area (Å²) in [5.41, 5.74) is 6.57. The Kier molecular flexibility index (Phi) is 4.73. The first-order valence-corrected chi connectivity index (χ1v) is 6.09. The Balaban J connectivity index is 2.55. The Morgan fingerprint density at radius 3 is 2.33 bits per heavy atom. The highest BCUT2D eigenvalue weighted by Crippen LogP contribution is 2.14. The van der Waals surface area contributed by atoms with E-state index >= 15 is 0 Å². The predicted octanol–water partition coefficient (Wildman–Crippen LogP) is 2.60. The highest BCUT2D eigenvalue weighted by atomic mass is 16.6. The second-order valence-electron chi connectivity index (χ2n) is 5.37.